The van der Waals surface area contributed by atoms with E-state index in [1.54, 1.807) is 6.07 Å². The second-order valence-corrected chi connectivity index (χ2v) is 8.54. The van der Waals surface area contributed by atoms with Gasteiger partial charge in [0.2, 0.25) is 0 Å². The first-order valence-corrected chi connectivity index (χ1v) is 11.7. The standard InChI is InChI=1S/C25H36N6O/c1-26-25(31-19-17-30(18-20-31)23-9-5-6-10-24(23)32)27-11-12-28-13-15-29(16-14-28)21-22-7-3-2-4-8-22/h2-10,32H,11-21H2,1H3,(H,26,27). The Balaban J connectivity index is 1.16. The van der Waals surface area contributed by atoms with Crippen LogP contribution in [0.4, 0.5) is 5.69 Å². The number of hydrogen-bond acceptors (Lipinski definition) is 5. The second-order valence-electron chi connectivity index (χ2n) is 8.54. The molecule has 0 aromatic heterocycles. The van der Waals surface area contributed by atoms with Crippen LogP contribution in [0.3, 0.4) is 0 Å². The predicted octanol–water partition coefficient (Wildman–Crippen LogP) is 1.91. The summed E-state index contributed by atoms with van der Waals surface area (Å²) in [5.41, 5.74) is 2.32. The molecule has 172 valence electrons. The summed E-state index contributed by atoms with van der Waals surface area (Å²) in [5, 5.41) is 13.7. The molecule has 0 amide bonds. The number of para-hydroxylation sites is 2. The molecule has 2 saturated heterocycles. The fraction of sp³-hybridized carbons (Fsp3) is 0.480. The first-order valence-electron chi connectivity index (χ1n) is 11.7. The molecule has 2 aromatic carbocycles. The van der Waals surface area contributed by atoms with Crippen molar-refractivity contribution in [2.24, 2.45) is 4.99 Å². The minimum atomic E-state index is 0.354. The van der Waals surface area contributed by atoms with Crippen molar-refractivity contribution in [3.8, 4) is 5.75 Å². The van der Waals surface area contributed by atoms with Gasteiger partial charge in [0, 0.05) is 79.0 Å². The van der Waals surface area contributed by atoms with Crippen molar-refractivity contribution in [2.75, 3.05) is 77.4 Å². The molecular formula is C25H36N6O. The largest absolute Gasteiger partial charge is 0.506 e. The summed E-state index contributed by atoms with van der Waals surface area (Å²) in [6, 6.07) is 18.3. The Bertz CT molecular complexity index is 858. The number of aromatic hydroxyl groups is 1. The van der Waals surface area contributed by atoms with Crippen LogP contribution in [0.5, 0.6) is 5.75 Å². The number of nitrogens with one attached hydrogen (secondary N) is 1. The van der Waals surface area contributed by atoms with Crippen molar-refractivity contribution < 1.29 is 5.11 Å². The van der Waals surface area contributed by atoms with Gasteiger partial charge in [0.1, 0.15) is 5.75 Å². The highest BCUT2D eigenvalue weighted by Gasteiger charge is 2.22. The highest BCUT2D eigenvalue weighted by molar-refractivity contribution is 5.80. The van der Waals surface area contributed by atoms with Gasteiger partial charge in [-0.25, -0.2) is 0 Å². The Morgan fingerprint density at radius 2 is 1.50 bits per heavy atom. The molecule has 2 aliphatic rings. The highest BCUT2D eigenvalue weighted by Crippen LogP contribution is 2.27. The summed E-state index contributed by atoms with van der Waals surface area (Å²) in [6.45, 7) is 11.0. The van der Waals surface area contributed by atoms with Crippen molar-refractivity contribution in [3.63, 3.8) is 0 Å². The van der Waals surface area contributed by atoms with Crippen molar-refractivity contribution in [1.29, 1.82) is 0 Å². The predicted molar refractivity (Wildman–Crippen MR) is 131 cm³/mol. The monoisotopic (exact) mass is 436 g/mol. The van der Waals surface area contributed by atoms with Gasteiger partial charge in [0.25, 0.3) is 0 Å². The van der Waals surface area contributed by atoms with Gasteiger partial charge in [-0.05, 0) is 17.7 Å². The number of hydrogen-bond donors (Lipinski definition) is 2. The molecule has 7 nitrogen and oxygen atoms in total. The maximum absolute atomic E-state index is 10.1. The van der Waals surface area contributed by atoms with E-state index in [0.29, 0.717) is 5.75 Å². The van der Waals surface area contributed by atoms with Crippen LogP contribution < -0.4 is 10.2 Å². The summed E-state index contributed by atoms with van der Waals surface area (Å²) in [6.07, 6.45) is 0. The molecule has 0 aliphatic carbocycles. The van der Waals surface area contributed by atoms with Gasteiger partial charge in [-0.1, -0.05) is 42.5 Å². The topological polar surface area (TPSA) is 57.6 Å². The van der Waals surface area contributed by atoms with E-state index in [1.165, 1.54) is 5.56 Å². The number of benzene rings is 2. The van der Waals surface area contributed by atoms with Crippen LogP contribution in [0.15, 0.2) is 59.6 Å². The molecule has 0 unspecified atom stereocenters. The molecule has 0 saturated carbocycles. The van der Waals surface area contributed by atoms with Crippen LogP contribution in [0, 0.1) is 0 Å². The number of rotatable bonds is 6. The van der Waals surface area contributed by atoms with Crippen LogP contribution in [-0.4, -0.2) is 98.3 Å². The van der Waals surface area contributed by atoms with Crippen LogP contribution in [0.1, 0.15) is 5.56 Å². The molecule has 2 fully saturated rings. The average molecular weight is 437 g/mol. The van der Waals surface area contributed by atoms with E-state index in [2.05, 4.69) is 60.2 Å². The lowest BCUT2D eigenvalue weighted by Gasteiger charge is -2.38. The summed E-state index contributed by atoms with van der Waals surface area (Å²) in [4.78, 5) is 14.1. The minimum Gasteiger partial charge on any atom is -0.506 e. The highest BCUT2D eigenvalue weighted by atomic mass is 16.3. The second kappa shape index (κ2) is 11.2. The molecule has 7 heteroatoms. The first kappa shape index (κ1) is 22.4. The molecule has 2 aromatic rings. The normalized spacial score (nSPS) is 18.7. The van der Waals surface area contributed by atoms with Gasteiger partial charge in [-0.3, -0.25) is 14.8 Å². The fourth-order valence-corrected chi connectivity index (χ4v) is 4.56. The smallest absolute Gasteiger partial charge is 0.193 e. The van der Waals surface area contributed by atoms with Crippen LogP contribution in [-0.2, 0) is 6.54 Å². The third-order valence-corrected chi connectivity index (χ3v) is 6.44. The lowest BCUT2D eigenvalue weighted by molar-refractivity contribution is 0.128. The van der Waals surface area contributed by atoms with E-state index in [9.17, 15) is 5.11 Å². The van der Waals surface area contributed by atoms with Crippen molar-refractivity contribution in [1.82, 2.24) is 20.0 Å². The molecular weight excluding hydrogens is 400 g/mol. The van der Waals surface area contributed by atoms with Crippen LogP contribution in [0.2, 0.25) is 0 Å². The zero-order chi connectivity index (χ0) is 22.2. The van der Waals surface area contributed by atoms with Gasteiger partial charge in [0.15, 0.2) is 5.96 Å². The van der Waals surface area contributed by atoms with Gasteiger partial charge in [0.05, 0.1) is 5.69 Å². The molecule has 2 aliphatic heterocycles. The minimum absolute atomic E-state index is 0.354. The SMILES string of the molecule is CN=C(NCCN1CCN(Cc2ccccc2)CC1)N1CCN(c2ccccc2O)CC1. The van der Waals surface area contributed by atoms with Crippen molar-refractivity contribution in [3.05, 3.63) is 60.2 Å². The molecule has 2 N–H and O–H groups in total. The lowest BCUT2D eigenvalue weighted by Crippen LogP contribution is -2.54. The Labute approximate surface area is 191 Å². The Kier molecular flexibility index (Phi) is 7.85. The third kappa shape index (κ3) is 5.93. The third-order valence-electron chi connectivity index (χ3n) is 6.44. The van der Waals surface area contributed by atoms with Crippen molar-refractivity contribution in [2.45, 2.75) is 6.54 Å². The lowest BCUT2D eigenvalue weighted by atomic mass is 10.2. The summed E-state index contributed by atoms with van der Waals surface area (Å²) in [5.74, 6) is 1.33. The van der Waals surface area contributed by atoms with Gasteiger partial charge < -0.3 is 20.2 Å². The van der Waals surface area contributed by atoms with E-state index in [-0.39, 0.29) is 0 Å². The van der Waals surface area contributed by atoms with Crippen LogP contribution in [0.25, 0.3) is 0 Å². The van der Waals surface area contributed by atoms with Gasteiger partial charge >= 0.3 is 0 Å². The van der Waals surface area contributed by atoms with E-state index in [0.717, 1.165) is 83.6 Å². The number of nitrogens with zero attached hydrogens (tertiary/aromatic N) is 5. The van der Waals surface area contributed by atoms with Gasteiger partial charge in [-0.2, -0.15) is 0 Å². The Hall–Kier alpha value is -2.77. The quantitative estimate of drug-likeness (QED) is 0.533. The molecule has 0 spiro atoms. The first-order chi connectivity index (χ1) is 15.7. The molecule has 2 heterocycles. The maximum atomic E-state index is 10.1. The number of aliphatic imine (C=N–C) groups is 1. The van der Waals surface area contributed by atoms with Crippen LogP contribution >= 0.6 is 0 Å². The molecule has 4 rings (SSSR count). The fourth-order valence-electron chi connectivity index (χ4n) is 4.56. The Morgan fingerprint density at radius 3 is 2.19 bits per heavy atom. The molecule has 32 heavy (non-hydrogen) atoms. The average Bonchev–Trinajstić information content (AvgIpc) is 2.84. The van der Waals surface area contributed by atoms with E-state index in [1.807, 2.05) is 25.2 Å². The van der Waals surface area contributed by atoms with Crippen molar-refractivity contribution >= 4 is 11.6 Å². The number of piperazine rings is 2. The van der Waals surface area contributed by atoms with E-state index < -0.39 is 0 Å². The number of phenolic OH excluding ortho intramolecular Hbond substituents is 1. The molecule has 0 atom stereocenters. The number of phenols is 1. The summed E-state index contributed by atoms with van der Waals surface area (Å²) in [7, 11) is 1.86. The zero-order valence-electron chi connectivity index (χ0n) is 19.2. The number of guanidine groups is 1. The summed E-state index contributed by atoms with van der Waals surface area (Å²) >= 11 is 0. The van der Waals surface area contributed by atoms with Gasteiger partial charge in [-0.15, -0.1) is 0 Å². The van der Waals surface area contributed by atoms with E-state index >= 15 is 0 Å². The molecule has 0 radical (unpaired) electrons. The van der Waals surface area contributed by atoms with E-state index in [4.69, 9.17) is 0 Å². The zero-order valence-corrected chi connectivity index (χ0v) is 19.2. The summed E-state index contributed by atoms with van der Waals surface area (Å²) < 4.78 is 0. The molecule has 0 bridgehead atoms. The Morgan fingerprint density at radius 1 is 0.844 bits per heavy atom. The number of anilines is 1. The maximum Gasteiger partial charge on any atom is 0.193 e.